The first kappa shape index (κ1) is 14.4. The number of carbonyl (C=O) groups excluding carboxylic acids is 1. The summed E-state index contributed by atoms with van der Waals surface area (Å²) in [5, 5.41) is 11.8. The second kappa shape index (κ2) is 6.34. The molecule has 0 spiro atoms. The Morgan fingerprint density at radius 2 is 2.17 bits per heavy atom. The number of nitrogens with one attached hydrogen (secondary N) is 1. The van der Waals surface area contributed by atoms with Gasteiger partial charge in [0.05, 0.1) is 12.1 Å². The first-order valence-corrected chi connectivity index (χ1v) is 6.46. The van der Waals surface area contributed by atoms with Gasteiger partial charge in [0.15, 0.2) is 5.13 Å². The Balaban J connectivity index is 2.55. The topological polar surface area (TPSA) is 82.5 Å². The van der Waals surface area contributed by atoms with Crippen molar-refractivity contribution < 1.29 is 14.7 Å². The molecule has 0 bridgehead atoms. The van der Waals surface area contributed by atoms with Crippen LogP contribution in [0.3, 0.4) is 0 Å². The second-order valence-corrected chi connectivity index (χ2v) is 5.07. The summed E-state index contributed by atoms with van der Waals surface area (Å²) >= 11 is 1.42. The third kappa shape index (κ3) is 3.99. The molecular weight excluding hydrogens is 254 g/mol. The maximum atomic E-state index is 11.7. The Bertz CT molecular complexity index is 445. The molecule has 0 atom stereocenters. The highest BCUT2D eigenvalue weighted by molar-refractivity contribution is 7.15. The van der Waals surface area contributed by atoms with Crippen LogP contribution in [0, 0.1) is 6.92 Å². The molecule has 0 aliphatic rings. The van der Waals surface area contributed by atoms with Gasteiger partial charge in [0.1, 0.15) is 0 Å². The molecule has 0 saturated heterocycles. The molecule has 1 rings (SSSR count). The highest BCUT2D eigenvalue weighted by atomic mass is 32.1. The lowest BCUT2D eigenvalue weighted by Crippen LogP contribution is -2.33. The zero-order chi connectivity index (χ0) is 13.7. The predicted octanol–water partition coefficient (Wildman–Crippen LogP) is 1.95. The fraction of sp³-hybridized carbons (Fsp3) is 0.545. The van der Waals surface area contributed by atoms with Gasteiger partial charge < -0.3 is 10.0 Å². The van der Waals surface area contributed by atoms with E-state index in [1.54, 1.807) is 7.05 Å². The zero-order valence-electron chi connectivity index (χ0n) is 10.7. The van der Waals surface area contributed by atoms with Crippen LogP contribution in [0.5, 0.6) is 0 Å². The van der Waals surface area contributed by atoms with Crippen molar-refractivity contribution in [3.8, 4) is 0 Å². The number of hydrogen-bond acceptors (Lipinski definition) is 4. The average molecular weight is 271 g/mol. The summed E-state index contributed by atoms with van der Waals surface area (Å²) in [6, 6.07) is -0.340. The molecule has 0 aliphatic carbocycles. The minimum absolute atomic E-state index is 0.0684. The Labute approximate surface area is 110 Å². The van der Waals surface area contributed by atoms with Crippen molar-refractivity contribution in [1.29, 1.82) is 0 Å². The average Bonchev–Trinajstić information content (AvgIpc) is 2.66. The standard InChI is InChI=1S/C11H17N3O3S/c1-4-8-7(2)18-10(12-8)13-11(17)14(3)6-5-9(15)16/h4-6H2,1-3H3,(H,15,16)(H,12,13,17). The summed E-state index contributed by atoms with van der Waals surface area (Å²) in [7, 11) is 1.56. The molecule has 18 heavy (non-hydrogen) atoms. The number of aromatic nitrogens is 1. The first-order chi connectivity index (χ1) is 8.43. The number of aryl methyl sites for hydroxylation is 2. The molecule has 0 saturated carbocycles. The molecule has 0 radical (unpaired) electrons. The number of rotatable bonds is 5. The lowest BCUT2D eigenvalue weighted by molar-refractivity contribution is -0.137. The highest BCUT2D eigenvalue weighted by Crippen LogP contribution is 2.22. The predicted molar refractivity (Wildman–Crippen MR) is 70.1 cm³/mol. The van der Waals surface area contributed by atoms with E-state index in [0.29, 0.717) is 5.13 Å². The Morgan fingerprint density at radius 3 is 2.67 bits per heavy atom. The van der Waals surface area contributed by atoms with Crippen molar-refractivity contribution in [1.82, 2.24) is 9.88 Å². The molecule has 1 heterocycles. The molecule has 1 aromatic heterocycles. The third-order valence-electron chi connectivity index (χ3n) is 2.45. The van der Waals surface area contributed by atoms with Crippen LogP contribution in [0.1, 0.15) is 23.9 Å². The fourth-order valence-electron chi connectivity index (χ4n) is 1.36. The van der Waals surface area contributed by atoms with Crippen LogP contribution in [0.15, 0.2) is 0 Å². The van der Waals surface area contributed by atoms with E-state index >= 15 is 0 Å². The van der Waals surface area contributed by atoms with Gasteiger partial charge >= 0.3 is 12.0 Å². The molecule has 0 aromatic carbocycles. The zero-order valence-corrected chi connectivity index (χ0v) is 11.5. The molecule has 6 nitrogen and oxygen atoms in total. The van der Waals surface area contributed by atoms with Crippen LogP contribution in [0.2, 0.25) is 0 Å². The largest absolute Gasteiger partial charge is 0.481 e. The lowest BCUT2D eigenvalue weighted by atomic mass is 10.3. The Hall–Kier alpha value is -1.63. The molecule has 0 aliphatic heterocycles. The smallest absolute Gasteiger partial charge is 0.323 e. The quantitative estimate of drug-likeness (QED) is 0.857. The molecule has 100 valence electrons. The number of carboxylic acid groups (broad SMARTS) is 1. The number of anilines is 1. The van der Waals surface area contributed by atoms with E-state index in [4.69, 9.17) is 5.11 Å². The summed E-state index contributed by atoms with van der Waals surface area (Å²) in [6.45, 7) is 4.14. The summed E-state index contributed by atoms with van der Waals surface area (Å²) in [6.07, 6.45) is 0.758. The van der Waals surface area contributed by atoms with Gasteiger partial charge in [0.2, 0.25) is 0 Å². The van der Waals surface area contributed by atoms with Crippen LogP contribution >= 0.6 is 11.3 Å². The van der Waals surface area contributed by atoms with Crippen molar-refractivity contribution in [2.24, 2.45) is 0 Å². The van der Waals surface area contributed by atoms with Crippen LogP contribution in [-0.4, -0.2) is 40.6 Å². The summed E-state index contributed by atoms with van der Waals surface area (Å²) in [5.74, 6) is -0.923. The minimum atomic E-state index is -0.923. The van der Waals surface area contributed by atoms with E-state index in [1.807, 2.05) is 13.8 Å². The number of carbonyl (C=O) groups is 2. The van der Waals surface area contributed by atoms with Gasteiger partial charge in [-0.1, -0.05) is 6.92 Å². The third-order valence-corrected chi connectivity index (χ3v) is 3.38. The molecule has 2 amide bonds. The van der Waals surface area contributed by atoms with Gasteiger partial charge in [0.25, 0.3) is 0 Å². The van der Waals surface area contributed by atoms with Crippen molar-refractivity contribution >= 4 is 28.5 Å². The second-order valence-electron chi connectivity index (χ2n) is 3.87. The Morgan fingerprint density at radius 1 is 1.50 bits per heavy atom. The van der Waals surface area contributed by atoms with E-state index in [-0.39, 0.29) is 19.0 Å². The van der Waals surface area contributed by atoms with Crippen LogP contribution in [-0.2, 0) is 11.2 Å². The summed E-state index contributed by atoms with van der Waals surface area (Å²) < 4.78 is 0. The number of amides is 2. The van der Waals surface area contributed by atoms with E-state index in [2.05, 4.69) is 10.3 Å². The maximum Gasteiger partial charge on any atom is 0.323 e. The van der Waals surface area contributed by atoms with Crippen LogP contribution < -0.4 is 5.32 Å². The SMILES string of the molecule is CCc1nc(NC(=O)N(C)CCC(=O)O)sc1C. The summed E-state index contributed by atoms with van der Waals surface area (Å²) in [4.78, 5) is 28.8. The van der Waals surface area contributed by atoms with Crippen LogP contribution in [0.25, 0.3) is 0 Å². The number of aliphatic carboxylic acids is 1. The lowest BCUT2D eigenvalue weighted by Gasteiger charge is -2.15. The van der Waals surface area contributed by atoms with Gasteiger partial charge in [-0.15, -0.1) is 11.3 Å². The van der Waals surface area contributed by atoms with Crippen molar-refractivity contribution in [2.75, 3.05) is 18.9 Å². The van der Waals surface area contributed by atoms with Gasteiger partial charge in [0, 0.05) is 18.5 Å². The van der Waals surface area contributed by atoms with E-state index < -0.39 is 5.97 Å². The molecule has 0 fully saturated rings. The number of carboxylic acids is 1. The molecule has 7 heteroatoms. The van der Waals surface area contributed by atoms with Crippen molar-refractivity contribution in [3.05, 3.63) is 10.6 Å². The van der Waals surface area contributed by atoms with Crippen LogP contribution in [0.4, 0.5) is 9.93 Å². The Kier molecular flexibility index (Phi) is 5.08. The van der Waals surface area contributed by atoms with Crippen molar-refractivity contribution in [3.63, 3.8) is 0 Å². The fourth-order valence-corrected chi connectivity index (χ4v) is 2.25. The van der Waals surface area contributed by atoms with E-state index in [0.717, 1.165) is 17.0 Å². The molecule has 2 N–H and O–H groups in total. The normalized spacial score (nSPS) is 10.2. The molecular formula is C11H17N3O3S. The van der Waals surface area contributed by atoms with E-state index in [1.165, 1.54) is 16.2 Å². The van der Waals surface area contributed by atoms with Crippen molar-refractivity contribution in [2.45, 2.75) is 26.7 Å². The minimum Gasteiger partial charge on any atom is -0.481 e. The van der Waals surface area contributed by atoms with Gasteiger partial charge in [-0.2, -0.15) is 0 Å². The molecule has 1 aromatic rings. The number of urea groups is 1. The maximum absolute atomic E-state index is 11.7. The molecule has 0 unspecified atom stereocenters. The monoisotopic (exact) mass is 271 g/mol. The number of nitrogens with zero attached hydrogens (tertiary/aromatic N) is 2. The first-order valence-electron chi connectivity index (χ1n) is 5.64. The highest BCUT2D eigenvalue weighted by Gasteiger charge is 2.13. The van der Waals surface area contributed by atoms with Gasteiger partial charge in [-0.25, -0.2) is 9.78 Å². The summed E-state index contributed by atoms with van der Waals surface area (Å²) in [5.41, 5.74) is 0.975. The number of hydrogen-bond donors (Lipinski definition) is 2. The number of thiazole rings is 1. The van der Waals surface area contributed by atoms with E-state index in [9.17, 15) is 9.59 Å². The van der Waals surface area contributed by atoms with Gasteiger partial charge in [-0.05, 0) is 13.3 Å². The van der Waals surface area contributed by atoms with Gasteiger partial charge in [-0.3, -0.25) is 10.1 Å².